The van der Waals surface area contributed by atoms with Crippen LogP contribution < -0.4 is 5.32 Å². The number of hydrogen-bond donors (Lipinski definition) is 1. The molecule has 4 heterocycles. The fourth-order valence-corrected chi connectivity index (χ4v) is 4.62. The topological polar surface area (TPSA) is 39.1 Å². The number of allylic oxidation sites excluding steroid dienone is 3. The summed E-state index contributed by atoms with van der Waals surface area (Å²) in [7, 11) is 0. The van der Waals surface area contributed by atoms with Crippen molar-refractivity contribution in [3.05, 3.63) is 56.5 Å². The average molecular weight is 346 g/mol. The maximum atomic E-state index is 9.74. The lowest BCUT2D eigenvalue weighted by molar-refractivity contribution is 0.187. The van der Waals surface area contributed by atoms with Crippen LogP contribution in [0.2, 0.25) is 10.0 Å². The molecule has 4 aliphatic heterocycles. The summed E-state index contributed by atoms with van der Waals surface area (Å²) in [6.07, 6.45) is 2.37. The molecule has 1 N–H and O–H groups in total. The number of rotatable bonds is 1. The number of nitrogens with one attached hydrogen (secondary N) is 1. The van der Waals surface area contributed by atoms with Gasteiger partial charge in [-0.3, -0.25) is 0 Å². The molecule has 23 heavy (non-hydrogen) atoms. The third-order valence-electron chi connectivity index (χ3n) is 5.20. The van der Waals surface area contributed by atoms with Gasteiger partial charge in [0.2, 0.25) is 0 Å². The molecule has 5 heteroatoms. The first-order valence-electron chi connectivity index (χ1n) is 7.92. The Morgan fingerprint density at radius 1 is 1.26 bits per heavy atom. The van der Waals surface area contributed by atoms with Gasteiger partial charge in [-0.05, 0) is 37.5 Å². The molecule has 3 nitrogen and oxygen atoms in total. The molecule has 0 saturated carbocycles. The fraction of sp³-hybridized carbons (Fsp3) is 0.389. The summed E-state index contributed by atoms with van der Waals surface area (Å²) in [6, 6.07) is 7.98. The summed E-state index contributed by atoms with van der Waals surface area (Å²) in [4.78, 5) is 2.42. The zero-order chi connectivity index (χ0) is 16.1. The minimum atomic E-state index is -0.0934. The van der Waals surface area contributed by atoms with Crippen LogP contribution in [0.25, 0.3) is 0 Å². The zero-order valence-electron chi connectivity index (χ0n) is 12.9. The molecule has 1 fully saturated rings. The molecule has 4 aliphatic rings. The summed E-state index contributed by atoms with van der Waals surface area (Å²) < 4.78 is 0. The van der Waals surface area contributed by atoms with Gasteiger partial charge in [-0.2, -0.15) is 5.26 Å². The Bertz CT molecular complexity index is 780. The molecule has 1 aromatic rings. The van der Waals surface area contributed by atoms with Crippen LogP contribution >= 0.6 is 23.2 Å². The van der Waals surface area contributed by atoms with Gasteiger partial charge in [0.05, 0.1) is 17.6 Å². The van der Waals surface area contributed by atoms with Crippen molar-refractivity contribution in [2.24, 2.45) is 5.92 Å². The van der Waals surface area contributed by atoms with E-state index in [0.717, 1.165) is 29.9 Å². The fourth-order valence-electron chi connectivity index (χ4n) is 4.10. The average Bonchev–Trinajstić information content (AvgIpc) is 2.55. The van der Waals surface area contributed by atoms with Crippen LogP contribution in [0, 0.1) is 17.2 Å². The highest BCUT2D eigenvalue weighted by molar-refractivity contribution is 6.35. The molecular weight excluding hydrogens is 329 g/mol. The van der Waals surface area contributed by atoms with E-state index < -0.39 is 0 Å². The van der Waals surface area contributed by atoms with Crippen LogP contribution in [0.4, 0.5) is 0 Å². The number of nitrogens with zero attached hydrogens (tertiary/aromatic N) is 2. The minimum Gasteiger partial charge on any atom is -0.373 e. The molecule has 0 radical (unpaired) electrons. The summed E-state index contributed by atoms with van der Waals surface area (Å²) in [5.41, 5.74) is 5.18. The van der Waals surface area contributed by atoms with E-state index in [9.17, 15) is 5.26 Å². The van der Waals surface area contributed by atoms with Crippen LogP contribution in [0.3, 0.4) is 0 Å². The first kappa shape index (κ1) is 14.9. The maximum Gasteiger partial charge on any atom is 0.0976 e. The lowest BCUT2D eigenvalue weighted by Crippen LogP contribution is -2.47. The van der Waals surface area contributed by atoms with E-state index in [4.69, 9.17) is 23.2 Å². The largest absolute Gasteiger partial charge is 0.373 e. The van der Waals surface area contributed by atoms with Crippen molar-refractivity contribution in [1.82, 2.24) is 10.2 Å². The highest BCUT2D eigenvalue weighted by atomic mass is 35.5. The van der Waals surface area contributed by atoms with Crippen molar-refractivity contribution in [2.45, 2.75) is 25.7 Å². The second kappa shape index (κ2) is 5.47. The highest BCUT2D eigenvalue weighted by Crippen LogP contribution is 2.48. The normalized spacial score (nSPS) is 23.7. The smallest absolute Gasteiger partial charge is 0.0976 e. The van der Waals surface area contributed by atoms with Crippen LogP contribution in [0.5, 0.6) is 0 Å². The summed E-state index contributed by atoms with van der Waals surface area (Å²) >= 11 is 12.5. The first-order valence-corrected chi connectivity index (χ1v) is 8.67. The third kappa shape index (κ3) is 2.24. The van der Waals surface area contributed by atoms with Crippen LogP contribution in [-0.4, -0.2) is 18.0 Å². The van der Waals surface area contributed by atoms with Crippen molar-refractivity contribution in [2.75, 3.05) is 13.1 Å². The van der Waals surface area contributed by atoms with E-state index in [2.05, 4.69) is 16.3 Å². The quantitative estimate of drug-likeness (QED) is 0.818. The third-order valence-corrected chi connectivity index (χ3v) is 5.76. The number of piperidine rings is 1. The minimum absolute atomic E-state index is 0.0934. The predicted molar refractivity (Wildman–Crippen MR) is 92.0 cm³/mol. The van der Waals surface area contributed by atoms with Gasteiger partial charge < -0.3 is 10.2 Å². The Labute approximate surface area is 146 Å². The Morgan fingerprint density at radius 2 is 2.00 bits per heavy atom. The van der Waals surface area contributed by atoms with Gasteiger partial charge in [-0.1, -0.05) is 29.3 Å². The van der Waals surface area contributed by atoms with Crippen LogP contribution in [0.1, 0.15) is 31.2 Å². The second-order valence-electron chi connectivity index (χ2n) is 6.43. The van der Waals surface area contributed by atoms with E-state index in [-0.39, 0.29) is 5.92 Å². The number of benzene rings is 1. The van der Waals surface area contributed by atoms with Gasteiger partial charge in [-0.25, -0.2) is 0 Å². The Balaban J connectivity index is 1.92. The van der Waals surface area contributed by atoms with Crippen molar-refractivity contribution in [1.29, 1.82) is 5.26 Å². The Morgan fingerprint density at radius 3 is 2.65 bits per heavy atom. The van der Waals surface area contributed by atoms with Gasteiger partial charge in [0.15, 0.2) is 0 Å². The highest BCUT2D eigenvalue weighted by Gasteiger charge is 2.42. The van der Waals surface area contributed by atoms with Gasteiger partial charge >= 0.3 is 0 Å². The number of halogens is 2. The summed E-state index contributed by atoms with van der Waals surface area (Å²) in [5, 5.41) is 14.5. The van der Waals surface area contributed by atoms with Gasteiger partial charge in [0.1, 0.15) is 0 Å². The lowest BCUT2D eigenvalue weighted by Gasteiger charge is -2.49. The van der Waals surface area contributed by atoms with Crippen molar-refractivity contribution in [3.63, 3.8) is 0 Å². The molecule has 0 aromatic heterocycles. The predicted octanol–water partition coefficient (Wildman–Crippen LogP) is 4.41. The molecule has 0 spiro atoms. The molecule has 1 aromatic carbocycles. The van der Waals surface area contributed by atoms with Gasteiger partial charge in [0, 0.05) is 46.1 Å². The van der Waals surface area contributed by atoms with E-state index in [1.165, 1.54) is 24.2 Å². The van der Waals surface area contributed by atoms with E-state index in [1.807, 2.05) is 19.1 Å². The second-order valence-corrected chi connectivity index (χ2v) is 7.28. The van der Waals surface area contributed by atoms with E-state index in [0.29, 0.717) is 16.0 Å². The van der Waals surface area contributed by atoms with Crippen LogP contribution in [-0.2, 0) is 0 Å². The molecule has 2 bridgehead atoms. The molecule has 1 saturated heterocycles. The van der Waals surface area contributed by atoms with E-state index >= 15 is 0 Å². The molecule has 118 valence electrons. The maximum absolute atomic E-state index is 9.74. The number of nitriles is 1. The Hall–Kier alpha value is -1.63. The summed E-state index contributed by atoms with van der Waals surface area (Å²) in [6.45, 7) is 4.10. The van der Waals surface area contributed by atoms with Gasteiger partial charge in [-0.15, -0.1) is 0 Å². The molecular formula is C18H17Cl2N3. The molecule has 5 rings (SSSR count). The summed E-state index contributed by atoms with van der Waals surface area (Å²) in [5.74, 6) is 0.475. The Kier molecular flexibility index (Phi) is 3.55. The first-order chi connectivity index (χ1) is 11.1. The molecule has 0 unspecified atom stereocenters. The van der Waals surface area contributed by atoms with Crippen molar-refractivity contribution < 1.29 is 0 Å². The van der Waals surface area contributed by atoms with E-state index in [1.54, 1.807) is 6.07 Å². The number of dihydropyridines is 1. The SMILES string of the molecule is CC1=C(C#N)[C@H](c2ccc(Cl)cc2Cl)C2=C(N1)C1CCN2CC1. The van der Waals surface area contributed by atoms with Crippen molar-refractivity contribution in [3.8, 4) is 6.07 Å². The monoisotopic (exact) mass is 345 g/mol. The van der Waals surface area contributed by atoms with Crippen LogP contribution in [0.15, 0.2) is 40.9 Å². The number of fused-ring (bicyclic) bond motifs is 2. The van der Waals surface area contributed by atoms with Crippen molar-refractivity contribution >= 4 is 23.2 Å². The number of hydrogen-bond acceptors (Lipinski definition) is 3. The lowest BCUT2D eigenvalue weighted by atomic mass is 9.76. The standard InChI is InChI=1S/C18H17Cl2N3/c1-10-14(9-21)16(13-3-2-12(19)8-15(13)20)18-17(22-10)11-4-6-23(18)7-5-11/h2-3,8,11,16,22H,4-7H2,1H3/t16-/m0/s1. The van der Waals surface area contributed by atoms with Gasteiger partial charge in [0.25, 0.3) is 0 Å². The molecule has 0 aliphatic carbocycles. The zero-order valence-corrected chi connectivity index (χ0v) is 14.4. The molecule has 1 atom stereocenters. The molecule has 0 amide bonds.